The molecular weight excluding hydrogens is 226 g/mol. The van der Waals surface area contributed by atoms with Crippen molar-refractivity contribution in [1.82, 2.24) is 0 Å². The van der Waals surface area contributed by atoms with E-state index in [0.717, 1.165) is 0 Å². The van der Waals surface area contributed by atoms with Gasteiger partial charge < -0.3 is 9.47 Å². The molecule has 6 heteroatoms. The van der Waals surface area contributed by atoms with E-state index in [-0.39, 0.29) is 23.8 Å². The summed E-state index contributed by atoms with van der Waals surface area (Å²) in [6.45, 7) is 2.03. The molecule has 0 radical (unpaired) electrons. The Balaban J connectivity index is 2.90. The molecule has 0 aromatic heterocycles. The number of esters is 1. The molecule has 0 bridgehead atoms. The predicted octanol–water partition coefficient (Wildman–Crippen LogP) is 1.71. The normalized spacial score (nSPS) is 9.76. The Morgan fingerprint density at radius 3 is 2.71 bits per heavy atom. The summed E-state index contributed by atoms with van der Waals surface area (Å²) in [6, 6.07) is 4.29. The van der Waals surface area contributed by atoms with Gasteiger partial charge in [-0.1, -0.05) is 6.07 Å². The average Bonchev–Trinajstić information content (AvgIpc) is 2.28. The molecule has 0 spiro atoms. The number of carbonyl (C=O) groups is 1. The SMILES string of the molecule is CCOC(=O)Cc1ccc([N+](=O)[O-])c(OC)c1. The van der Waals surface area contributed by atoms with Gasteiger partial charge in [-0.3, -0.25) is 14.9 Å². The summed E-state index contributed by atoms with van der Waals surface area (Å²) in [7, 11) is 1.34. The van der Waals surface area contributed by atoms with Gasteiger partial charge >= 0.3 is 11.7 Å². The molecule has 6 nitrogen and oxygen atoms in total. The van der Waals surface area contributed by atoms with Crippen LogP contribution in [0, 0.1) is 10.1 Å². The van der Waals surface area contributed by atoms with Crippen LogP contribution < -0.4 is 4.74 Å². The highest BCUT2D eigenvalue weighted by Crippen LogP contribution is 2.27. The number of nitrogens with zero attached hydrogens (tertiary/aromatic N) is 1. The summed E-state index contributed by atoms with van der Waals surface area (Å²) in [4.78, 5) is 21.3. The van der Waals surface area contributed by atoms with Crippen molar-refractivity contribution >= 4 is 11.7 Å². The number of carbonyl (C=O) groups excluding carboxylic acids is 1. The highest BCUT2D eigenvalue weighted by molar-refractivity contribution is 5.73. The topological polar surface area (TPSA) is 78.7 Å². The monoisotopic (exact) mass is 239 g/mol. The van der Waals surface area contributed by atoms with E-state index >= 15 is 0 Å². The highest BCUT2D eigenvalue weighted by Gasteiger charge is 2.15. The van der Waals surface area contributed by atoms with Crippen LogP contribution in [0.25, 0.3) is 0 Å². The van der Waals surface area contributed by atoms with Crippen LogP contribution in [-0.4, -0.2) is 24.6 Å². The molecule has 17 heavy (non-hydrogen) atoms. The summed E-state index contributed by atoms with van der Waals surface area (Å²) < 4.78 is 9.68. The lowest BCUT2D eigenvalue weighted by molar-refractivity contribution is -0.385. The fraction of sp³-hybridized carbons (Fsp3) is 0.364. The number of benzene rings is 1. The van der Waals surface area contributed by atoms with Gasteiger partial charge in [0.2, 0.25) is 0 Å². The number of nitro groups is 1. The van der Waals surface area contributed by atoms with Gasteiger partial charge in [-0.25, -0.2) is 0 Å². The smallest absolute Gasteiger partial charge is 0.310 e. The first-order chi connectivity index (χ1) is 8.08. The zero-order chi connectivity index (χ0) is 12.8. The van der Waals surface area contributed by atoms with E-state index in [1.165, 1.54) is 25.3 Å². The number of hydrogen-bond donors (Lipinski definition) is 0. The lowest BCUT2D eigenvalue weighted by Crippen LogP contribution is -2.07. The molecule has 0 atom stereocenters. The minimum atomic E-state index is -0.535. The quantitative estimate of drug-likeness (QED) is 0.444. The molecule has 0 saturated heterocycles. The molecule has 0 aliphatic heterocycles. The van der Waals surface area contributed by atoms with Gasteiger partial charge in [0.05, 0.1) is 25.1 Å². The van der Waals surface area contributed by atoms with Crippen LogP contribution in [0.4, 0.5) is 5.69 Å². The van der Waals surface area contributed by atoms with Crippen molar-refractivity contribution in [3.8, 4) is 5.75 Å². The Hall–Kier alpha value is -2.11. The Morgan fingerprint density at radius 2 is 2.18 bits per heavy atom. The molecule has 1 aromatic rings. The highest BCUT2D eigenvalue weighted by atomic mass is 16.6. The number of ether oxygens (including phenoxy) is 2. The Bertz CT molecular complexity index is 430. The molecule has 92 valence electrons. The maximum atomic E-state index is 11.2. The van der Waals surface area contributed by atoms with Crippen LogP contribution in [0.3, 0.4) is 0 Å². The van der Waals surface area contributed by atoms with Gasteiger partial charge in [0.1, 0.15) is 0 Å². The van der Waals surface area contributed by atoms with E-state index in [4.69, 9.17) is 9.47 Å². The van der Waals surface area contributed by atoms with Gasteiger partial charge in [0.15, 0.2) is 5.75 Å². The minimum absolute atomic E-state index is 0.0716. The van der Waals surface area contributed by atoms with Crippen molar-refractivity contribution in [3.63, 3.8) is 0 Å². The molecule has 0 unspecified atom stereocenters. The van der Waals surface area contributed by atoms with Gasteiger partial charge in [0, 0.05) is 6.07 Å². The Morgan fingerprint density at radius 1 is 1.47 bits per heavy atom. The standard InChI is InChI=1S/C11H13NO5/c1-3-17-11(13)7-8-4-5-9(12(14)15)10(6-8)16-2/h4-6H,3,7H2,1-2H3. The summed E-state index contributed by atoms with van der Waals surface area (Å²) in [5.41, 5.74) is 0.492. The van der Waals surface area contributed by atoms with Crippen LogP contribution in [0.15, 0.2) is 18.2 Å². The fourth-order valence-corrected chi connectivity index (χ4v) is 1.36. The largest absolute Gasteiger partial charge is 0.490 e. The molecule has 0 heterocycles. The maximum Gasteiger partial charge on any atom is 0.310 e. The second-order valence-electron chi connectivity index (χ2n) is 3.25. The molecule has 0 amide bonds. The van der Waals surface area contributed by atoms with Crippen molar-refractivity contribution < 1.29 is 19.2 Å². The summed E-state index contributed by atoms with van der Waals surface area (Å²) in [5, 5.41) is 10.7. The lowest BCUT2D eigenvalue weighted by Gasteiger charge is -2.05. The molecule has 1 rings (SSSR count). The average molecular weight is 239 g/mol. The van der Waals surface area contributed by atoms with Gasteiger partial charge in [-0.05, 0) is 18.6 Å². The molecule has 0 aliphatic rings. The fourth-order valence-electron chi connectivity index (χ4n) is 1.36. The van der Waals surface area contributed by atoms with E-state index in [0.29, 0.717) is 12.2 Å². The van der Waals surface area contributed by atoms with E-state index in [1.54, 1.807) is 6.92 Å². The van der Waals surface area contributed by atoms with E-state index in [1.807, 2.05) is 0 Å². The summed E-state index contributed by atoms with van der Waals surface area (Å²) in [5.74, 6) is -0.236. The molecule has 0 fully saturated rings. The van der Waals surface area contributed by atoms with Crippen molar-refractivity contribution in [3.05, 3.63) is 33.9 Å². The first kappa shape index (κ1) is 13.0. The van der Waals surface area contributed by atoms with Crippen LogP contribution in [-0.2, 0) is 16.0 Å². The second-order valence-corrected chi connectivity index (χ2v) is 3.25. The van der Waals surface area contributed by atoms with Crippen molar-refractivity contribution in [2.75, 3.05) is 13.7 Å². The van der Waals surface area contributed by atoms with E-state index in [9.17, 15) is 14.9 Å². The third-order valence-electron chi connectivity index (χ3n) is 2.09. The first-order valence-corrected chi connectivity index (χ1v) is 5.05. The molecule has 0 aliphatic carbocycles. The molecular formula is C11H13NO5. The zero-order valence-corrected chi connectivity index (χ0v) is 9.63. The number of methoxy groups -OCH3 is 1. The van der Waals surface area contributed by atoms with Gasteiger partial charge in [-0.2, -0.15) is 0 Å². The summed E-state index contributed by atoms with van der Waals surface area (Å²) >= 11 is 0. The Labute approximate surface area is 98.3 Å². The molecule has 0 saturated carbocycles. The van der Waals surface area contributed by atoms with Crippen LogP contribution >= 0.6 is 0 Å². The number of hydrogen-bond acceptors (Lipinski definition) is 5. The van der Waals surface area contributed by atoms with Gasteiger partial charge in [0.25, 0.3) is 0 Å². The van der Waals surface area contributed by atoms with Crippen LogP contribution in [0.5, 0.6) is 5.75 Å². The van der Waals surface area contributed by atoms with Crippen molar-refractivity contribution in [2.24, 2.45) is 0 Å². The molecule has 0 N–H and O–H groups in total. The van der Waals surface area contributed by atoms with Crippen molar-refractivity contribution in [1.29, 1.82) is 0 Å². The second kappa shape index (κ2) is 5.83. The third-order valence-corrected chi connectivity index (χ3v) is 2.09. The predicted molar refractivity (Wildman–Crippen MR) is 60.0 cm³/mol. The minimum Gasteiger partial charge on any atom is -0.490 e. The van der Waals surface area contributed by atoms with E-state index < -0.39 is 4.92 Å². The maximum absolute atomic E-state index is 11.2. The first-order valence-electron chi connectivity index (χ1n) is 5.05. The van der Waals surface area contributed by atoms with E-state index in [2.05, 4.69) is 0 Å². The third kappa shape index (κ3) is 3.44. The van der Waals surface area contributed by atoms with Crippen LogP contribution in [0.2, 0.25) is 0 Å². The zero-order valence-electron chi connectivity index (χ0n) is 9.63. The summed E-state index contributed by atoms with van der Waals surface area (Å²) in [6.07, 6.45) is 0.0716. The van der Waals surface area contributed by atoms with Crippen molar-refractivity contribution in [2.45, 2.75) is 13.3 Å². The molecule has 1 aromatic carbocycles. The lowest BCUT2D eigenvalue weighted by atomic mass is 10.1. The number of rotatable bonds is 5. The number of nitro benzene ring substituents is 1. The van der Waals surface area contributed by atoms with Gasteiger partial charge in [-0.15, -0.1) is 0 Å². The van der Waals surface area contributed by atoms with Crippen LogP contribution in [0.1, 0.15) is 12.5 Å². The Kier molecular flexibility index (Phi) is 4.45.